The van der Waals surface area contributed by atoms with E-state index in [1.165, 1.54) is 0 Å². The zero-order valence-electron chi connectivity index (χ0n) is 11.5. The Bertz CT molecular complexity index is 494. The number of carbonyl (C=O) groups excluding carboxylic acids is 1. The van der Waals surface area contributed by atoms with Crippen LogP contribution in [0.3, 0.4) is 0 Å². The fourth-order valence-electron chi connectivity index (χ4n) is 2.21. The highest BCUT2D eigenvalue weighted by molar-refractivity contribution is 5.82. The molecule has 1 aromatic rings. The first kappa shape index (κ1) is 14.7. The minimum absolute atomic E-state index is 0.270. The Morgan fingerprint density at radius 3 is 2.90 bits per heavy atom. The normalized spacial score (nSPS) is 22.3. The molecule has 1 saturated heterocycles. The van der Waals surface area contributed by atoms with Gasteiger partial charge < -0.3 is 10.1 Å². The molecule has 0 saturated carbocycles. The number of hydrogen-bond donors (Lipinski definition) is 2. The highest BCUT2D eigenvalue weighted by atomic mass is 19.3. The summed E-state index contributed by atoms with van der Waals surface area (Å²) in [5.74, 6) is -2.52. The fourth-order valence-corrected chi connectivity index (χ4v) is 2.21. The summed E-state index contributed by atoms with van der Waals surface area (Å²) in [5, 5.41) is 5.28. The molecule has 110 valence electrons. The van der Waals surface area contributed by atoms with Gasteiger partial charge in [-0.05, 0) is 24.6 Å². The van der Waals surface area contributed by atoms with Crippen molar-refractivity contribution in [3.8, 4) is 5.75 Å². The van der Waals surface area contributed by atoms with Crippen LogP contribution in [0.4, 0.5) is 8.78 Å². The van der Waals surface area contributed by atoms with Gasteiger partial charge in [-0.3, -0.25) is 10.1 Å². The van der Waals surface area contributed by atoms with E-state index in [0.717, 1.165) is 5.56 Å². The van der Waals surface area contributed by atoms with Crippen LogP contribution >= 0.6 is 0 Å². The zero-order chi connectivity index (χ0) is 14.8. The summed E-state index contributed by atoms with van der Waals surface area (Å²) in [6.45, 7) is 1.36. The molecule has 2 rings (SSSR count). The average molecular weight is 284 g/mol. The summed E-state index contributed by atoms with van der Waals surface area (Å²) >= 11 is 0. The van der Waals surface area contributed by atoms with E-state index in [1.54, 1.807) is 20.1 Å². The maximum Gasteiger partial charge on any atom is 0.262 e. The molecule has 0 radical (unpaired) electrons. The third-order valence-electron chi connectivity index (χ3n) is 3.38. The molecule has 20 heavy (non-hydrogen) atoms. The lowest BCUT2D eigenvalue weighted by atomic mass is 10.1. The molecule has 1 heterocycles. The first-order chi connectivity index (χ1) is 9.41. The Balaban J connectivity index is 1.97. The predicted octanol–water partition coefficient (Wildman–Crippen LogP) is 1.87. The van der Waals surface area contributed by atoms with E-state index in [4.69, 9.17) is 4.74 Å². The summed E-state index contributed by atoms with van der Waals surface area (Å²) in [4.78, 5) is 11.9. The van der Waals surface area contributed by atoms with Gasteiger partial charge in [0.2, 0.25) is 5.91 Å². The Hall–Kier alpha value is -1.69. The lowest BCUT2D eigenvalue weighted by Crippen LogP contribution is -2.41. The molecular formula is C14H18F2N2O2. The second-order valence-corrected chi connectivity index (χ2v) is 5.00. The molecule has 2 unspecified atom stereocenters. The van der Waals surface area contributed by atoms with Crippen molar-refractivity contribution in [2.24, 2.45) is 0 Å². The van der Waals surface area contributed by atoms with Crippen LogP contribution in [-0.4, -0.2) is 31.5 Å². The van der Waals surface area contributed by atoms with Crippen molar-refractivity contribution in [1.29, 1.82) is 0 Å². The topological polar surface area (TPSA) is 50.4 Å². The molecule has 2 atom stereocenters. The van der Waals surface area contributed by atoms with Crippen LogP contribution in [0.2, 0.25) is 0 Å². The van der Waals surface area contributed by atoms with Gasteiger partial charge in [-0.25, -0.2) is 8.78 Å². The Morgan fingerprint density at radius 1 is 1.55 bits per heavy atom. The summed E-state index contributed by atoms with van der Waals surface area (Å²) in [6, 6.07) is 6.17. The monoisotopic (exact) mass is 284 g/mol. The number of rotatable bonds is 4. The van der Waals surface area contributed by atoms with Gasteiger partial charge in [0.25, 0.3) is 5.92 Å². The van der Waals surface area contributed by atoms with Crippen molar-refractivity contribution >= 4 is 5.91 Å². The van der Waals surface area contributed by atoms with Crippen molar-refractivity contribution in [3.05, 3.63) is 29.8 Å². The molecule has 2 N–H and O–H groups in total. The van der Waals surface area contributed by atoms with Crippen molar-refractivity contribution in [1.82, 2.24) is 10.6 Å². The summed E-state index contributed by atoms with van der Waals surface area (Å²) in [6.07, 6.45) is -0.455. The first-order valence-corrected chi connectivity index (χ1v) is 6.47. The minimum Gasteiger partial charge on any atom is -0.497 e. The Labute approximate surface area is 116 Å². The van der Waals surface area contributed by atoms with Crippen LogP contribution < -0.4 is 15.4 Å². The number of nitrogens with one attached hydrogen (secondary N) is 2. The molecule has 6 heteroatoms. The van der Waals surface area contributed by atoms with E-state index in [-0.39, 0.29) is 6.04 Å². The van der Waals surface area contributed by atoms with Gasteiger partial charge in [-0.1, -0.05) is 12.1 Å². The highest BCUT2D eigenvalue weighted by Gasteiger charge is 2.42. The molecule has 1 aliphatic rings. The number of methoxy groups -OCH3 is 1. The molecule has 1 aliphatic heterocycles. The molecule has 4 nitrogen and oxygen atoms in total. The molecule has 0 bridgehead atoms. The largest absolute Gasteiger partial charge is 0.497 e. The van der Waals surface area contributed by atoms with E-state index in [2.05, 4.69) is 10.6 Å². The lowest BCUT2D eigenvalue weighted by Gasteiger charge is -2.18. The Morgan fingerprint density at radius 2 is 2.30 bits per heavy atom. The van der Waals surface area contributed by atoms with Crippen molar-refractivity contribution in [2.45, 2.75) is 31.4 Å². The third kappa shape index (κ3) is 3.45. The number of ether oxygens (including phenoxy) is 1. The van der Waals surface area contributed by atoms with E-state index in [9.17, 15) is 13.6 Å². The quantitative estimate of drug-likeness (QED) is 0.887. The number of benzene rings is 1. The van der Waals surface area contributed by atoms with Gasteiger partial charge in [0.05, 0.1) is 25.7 Å². The second kappa shape index (κ2) is 5.75. The molecule has 1 fully saturated rings. The van der Waals surface area contributed by atoms with Gasteiger partial charge in [-0.15, -0.1) is 0 Å². The zero-order valence-corrected chi connectivity index (χ0v) is 11.5. The van der Waals surface area contributed by atoms with Gasteiger partial charge >= 0.3 is 0 Å². The van der Waals surface area contributed by atoms with E-state index < -0.39 is 30.8 Å². The van der Waals surface area contributed by atoms with Crippen molar-refractivity contribution in [3.63, 3.8) is 0 Å². The lowest BCUT2D eigenvalue weighted by molar-refractivity contribution is -0.124. The van der Waals surface area contributed by atoms with Gasteiger partial charge in [0, 0.05) is 6.42 Å². The second-order valence-electron chi connectivity index (χ2n) is 5.00. The van der Waals surface area contributed by atoms with Gasteiger partial charge in [0.15, 0.2) is 0 Å². The number of amides is 1. The molecule has 1 aromatic carbocycles. The third-order valence-corrected chi connectivity index (χ3v) is 3.38. The smallest absolute Gasteiger partial charge is 0.262 e. The first-order valence-electron chi connectivity index (χ1n) is 6.47. The van der Waals surface area contributed by atoms with Crippen molar-refractivity contribution in [2.75, 3.05) is 13.7 Å². The molecule has 0 spiro atoms. The molecule has 0 aromatic heterocycles. The van der Waals surface area contributed by atoms with Gasteiger partial charge in [-0.2, -0.15) is 0 Å². The fraction of sp³-hybridized carbons (Fsp3) is 0.500. The average Bonchev–Trinajstić information content (AvgIpc) is 2.79. The van der Waals surface area contributed by atoms with Crippen LogP contribution in [0, 0.1) is 0 Å². The maximum atomic E-state index is 13.1. The van der Waals surface area contributed by atoms with Crippen LogP contribution in [0.25, 0.3) is 0 Å². The van der Waals surface area contributed by atoms with E-state index in [1.807, 2.05) is 18.2 Å². The minimum atomic E-state index is -2.80. The number of hydrogen-bond acceptors (Lipinski definition) is 3. The molecule has 0 aliphatic carbocycles. The van der Waals surface area contributed by atoms with Crippen LogP contribution in [0.15, 0.2) is 24.3 Å². The van der Waals surface area contributed by atoms with E-state index >= 15 is 0 Å². The van der Waals surface area contributed by atoms with Crippen LogP contribution in [0.1, 0.15) is 24.9 Å². The summed E-state index contributed by atoms with van der Waals surface area (Å²) in [7, 11) is 1.56. The standard InChI is InChI=1S/C14H18F2N2O2/c1-9(10-4-3-5-11(6-10)20-2)18-13(19)12-7-14(15,16)8-17-12/h3-6,9,12,17H,7-8H2,1-2H3,(H,18,19). The summed E-state index contributed by atoms with van der Waals surface area (Å²) in [5.41, 5.74) is 0.863. The number of alkyl halides is 2. The number of carbonyl (C=O) groups is 1. The molecule has 1 amide bonds. The predicted molar refractivity (Wildman–Crippen MR) is 70.9 cm³/mol. The van der Waals surface area contributed by atoms with Gasteiger partial charge in [0.1, 0.15) is 5.75 Å². The summed E-state index contributed by atoms with van der Waals surface area (Å²) < 4.78 is 31.2. The Kier molecular flexibility index (Phi) is 4.23. The van der Waals surface area contributed by atoms with Crippen LogP contribution in [-0.2, 0) is 4.79 Å². The van der Waals surface area contributed by atoms with Crippen LogP contribution in [0.5, 0.6) is 5.75 Å². The van der Waals surface area contributed by atoms with E-state index in [0.29, 0.717) is 5.75 Å². The highest BCUT2D eigenvalue weighted by Crippen LogP contribution is 2.26. The number of halogens is 2. The molecular weight excluding hydrogens is 266 g/mol. The SMILES string of the molecule is COc1cccc(C(C)NC(=O)C2CC(F)(F)CN2)c1. The maximum absolute atomic E-state index is 13.1. The van der Waals surface area contributed by atoms with Crippen molar-refractivity contribution < 1.29 is 18.3 Å².